The lowest BCUT2D eigenvalue weighted by atomic mass is 10.1. The molecule has 1 heterocycles. The van der Waals surface area contributed by atoms with Gasteiger partial charge >= 0.3 is 0 Å². The minimum atomic E-state index is 0.259. The zero-order valence-electron chi connectivity index (χ0n) is 11.7. The Balaban J connectivity index is 1.41. The van der Waals surface area contributed by atoms with Crippen LogP contribution in [0.5, 0.6) is 0 Å². The van der Waals surface area contributed by atoms with Gasteiger partial charge in [0.1, 0.15) is 0 Å². The summed E-state index contributed by atoms with van der Waals surface area (Å²) in [6.45, 7) is 5.90. The number of piperazine rings is 1. The number of nitrogens with two attached hydrogens (primary N) is 1. The topological polar surface area (TPSA) is 32.5 Å². The molecule has 1 aromatic rings. The summed E-state index contributed by atoms with van der Waals surface area (Å²) in [5.41, 5.74) is 7.64. The van der Waals surface area contributed by atoms with Gasteiger partial charge in [0.25, 0.3) is 0 Å². The van der Waals surface area contributed by atoms with Crippen LogP contribution >= 0.6 is 0 Å². The molecule has 1 unspecified atom stereocenters. The van der Waals surface area contributed by atoms with Crippen molar-refractivity contribution < 1.29 is 0 Å². The van der Waals surface area contributed by atoms with E-state index in [0.717, 1.165) is 19.0 Å². The molecule has 1 aliphatic carbocycles. The molecule has 3 heteroatoms. The van der Waals surface area contributed by atoms with Crippen molar-refractivity contribution in [2.24, 2.45) is 5.73 Å². The molecule has 2 fully saturated rings. The zero-order chi connectivity index (χ0) is 13.1. The van der Waals surface area contributed by atoms with Crippen LogP contribution in [0.2, 0.25) is 0 Å². The van der Waals surface area contributed by atoms with Crippen LogP contribution in [0, 0.1) is 0 Å². The molecule has 2 N–H and O–H groups in total. The zero-order valence-corrected chi connectivity index (χ0v) is 11.7. The fourth-order valence-electron chi connectivity index (χ4n) is 3.06. The molecule has 1 aliphatic heterocycles. The Morgan fingerprint density at radius 1 is 1.05 bits per heavy atom. The molecule has 2 aliphatic rings. The third-order valence-electron chi connectivity index (χ3n) is 4.30. The number of benzene rings is 1. The molecule has 0 bridgehead atoms. The number of rotatable bonds is 5. The Labute approximate surface area is 116 Å². The molecule has 1 atom stereocenters. The lowest BCUT2D eigenvalue weighted by Crippen LogP contribution is -2.50. The van der Waals surface area contributed by atoms with Crippen molar-refractivity contribution in [1.29, 1.82) is 0 Å². The summed E-state index contributed by atoms with van der Waals surface area (Å²) in [7, 11) is 0. The monoisotopic (exact) mass is 259 g/mol. The van der Waals surface area contributed by atoms with Crippen molar-refractivity contribution in [2.75, 3.05) is 32.7 Å². The molecule has 0 radical (unpaired) electrons. The van der Waals surface area contributed by atoms with Crippen molar-refractivity contribution in [3.8, 4) is 0 Å². The van der Waals surface area contributed by atoms with Crippen LogP contribution < -0.4 is 5.73 Å². The van der Waals surface area contributed by atoms with Gasteiger partial charge in [-0.25, -0.2) is 0 Å². The third-order valence-corrected chi connectivity index (χ3v) is 4.30. The minimum absolute atomic E-state index is 0.259. The van der Waals surface area contributed by atoms with E-state index >= 15 is 0 Å². The van der Waals surface area contributed by atoms with Crippen molar-refractivity contribution in [3.05, 3.63) is 35.9 Å². The summed E-state index contributed by atoms with van der Waals surface area (Å²) < 4.78 is 0. The summed E-state index contributed by atoms with van der Waals surface area (Å²) >= 11 is 0. The molecule has 0 aromatic heterocycles. The predicted molar refractivity (Wildman–Crippen MR) is 79.2 cm³/mol. The van der Waals surface area contributed by atoms with E-state index in [1.165, 1.54) is 44.6 Å². The van der Waals surface area contributed by atoms with Crippen LogP contribution in [0.3, 0.4) is 0 Å². The summed E-state index contributed by atoms with van der Waals surface area (Å²) in [6, 6.07) is 11.8. The molecule has 19 heavy (non-hydrogen) atoms. The van der Waals surface area contributed by atoms with Gasteiger partial charge in [-0.15, -0.1) is 0 Å². The Hall–Kier alpha value is -0.900. The van der Waals surface area contributed by atoms with E-state index in [9.17, 15) is 0 Å². The van der Waals surface area contributed by atoms with E-state index in [2.05, 4.69) is 40.1 Å². The first-order valence-corrected chi connectivity index (χ1v) is 7.57. The fourth-order valence-corrected chi connectivity index (χ4v) is 3.06. The first kappa shape index (κ1) is 13.1. The van der Waals surface area contributed by atoms with Gasteiger partial charge in [0.2, 0.25) is 0 Å². The van der Waals surface area contributed by atoms with Gasteiger partial charge in [-0.3, -0.25) is 9.80 Å². The predicted octanol–water partition coefficient (Wildman–Crippen LogP) is 1.34. The van der Waals surface area contributed by atoms with Crippen molar-refractivity contribution in [2.45, 2.75) is 31.3 Å². The Morgan fingerprint density at radius 2 is 1.74 bits per heavy atom. The molecule has 1 saturated heterocycles. The van der Waals surface area contributed by atoms with E-state index in [1.54, 1.807) is 0 Å². The maximum Gasteiger partial charge on any atom is 0.0208 e. The van der Waals surface area contributed by atoms with E-state index in [1.807, 2.05) is 0 Å². The quantitative estimate of drug-likeness (QED) is 0.866. The van der Waals surface area contributed by atoms with Crippen LogP contribution in [0.15, 0.2) is 30.3 Å². The van der Waals surface area contributed by atoms with Crippen molar-refractivity contribution in [1.82, 2.24) is 9.80 Å². The van der Waals surface area contributed by atoms with E-state index in [0.29, 0.717) is 0 Å². The van der Waals surface area contributed by atoms with Gasteiger partial charge in [-0.05, 0) is 24.8 Å². The average Bonchev–Trinajstić information content (AvgIpc) is 3.25. The molecule has 3 nitrogen and oxygen atoms in total. The summed E-state index contributed by atoms with van der Waals surface area (Å²) in [5, 5.41) is 0. The number of hydrogen-bond donors (Lipinski definition) is 1. The normalized spacial score (nSPS) is 23.4. The van der Waals surface area contributed by atoms with Gasteiger partial charge in [-0.1, -0.05) is 30.3 Å². The molecule has 104 valence electrons. The van der Waals surface area contributed by atoms with Crippen LogP contribution in [0.1, 0.15) is 18.4 Å². The number of hydrogen-bond acceptors (Lipinski definition) is 3. The van der Waals surface area contributed by atoms with E-state index in [-0.39, 0.29) is 6.04 Å². The van der Waals surface area contributed by atoms with E-state index in [4.69, 9.17) is 5.73 Å². The Kier molecular flexibility index (Phi) is 4.16. The first-order valence-electron chi connectivity index (χ1n) is 7.57. The average molecular weight is 259 g/mol. The van der Waals surface area contributed by atoms with Crippen molar-refractivity contribution in [3.63, 3.8) is 0 Å². The summed E-state index contributed by atoms with van der Waals surface area (Å²) in [4.78, 5) is 5.19. The second-order valence-electron chi connectivity index (χ2n) is 6.02. The molecular weight excluding hydrogens is 234 g/mol. The maximum atomic E-state index is 6.29. The van der Waals surface area contributed by atoms with Crippen LogP contribution in [-0.4, -0.2) is 54.6 Å². The lowest BCUT2D eigenvalue weighted by Gasteiger charge is -2.36. The second-order valence-corrected chi connectivity index (χ2v) is 6.02. The summed E-state index contributed by atoms with van der Waals surface area (Å²) in [5.74, 6) is 0. The van der Waals surface area contributed by atoms with Crippen molar-refractivity contribution >= 4 is 0 Å². The molecule has 3 rings (SSSR count). The summed E-state index contributed by atoms with van der Waals surface area (Å²) in [6.07, 6.45) is 3.84. The smallest absolute Gasteiger partial charge is 0.0208 e. The minimum Gasteiger partial charge on any atom is -0.326 e. The molecule has 0 amide bonds. The molecule has 1 aromatic carbocycles. The van der Waals surface area contributed by atoms with Crippen LogP contribution in [-0.2, 0) is 6.42 Å². The maximum absolute atomic E-state index is 6.29. The largest absolute Gasteiger partial charge is 0.326 e. The highest BCUT2D eigenvalue weighted by Gasteiger charge is 2.31. The van der Waals surface area contributed by atoms with Gasteiger partial charge in [0.15, 0.2) is 0 Å². The van der Waals surface area contributed by atoms with E-state index < -0.39 is 0 Å². The van der Waals surface area contributed by atoms with Gasteiger partial charge in [0.05, 0.1) is 0 Å². The number of nitrogens with zero attached hydrogens (tertiary/aromatic N) is 2. The third kappa shape index (κ3) is 3.78. The first-order chi connectivity index (χ1) is 9.31. The van der Waals surface area contributed by atoms with Gasteiger partial charge in [-0.2, -0.15) is 0 Å². The highest BCUT2D eigenvalue weighted by Crippen LogP contribution is 2.27. The lowest BCUT2D eigenvalue weighted by molar-refractivity contribution is 0.121. The highest BCUT2D eigenvalue weighted by atomic mass is 15.3. The van der Waals surface area contributed by atoms with Crippen LogP contribution in [0.4, 0.5) is 0 Å². The van der Waals surface area contributed by atoms with Crippen LogP contribution in [0.25, 0.3) is 0 Å². The highest BCUT2D eigenvalue weighted by molar-refractivity contribution is 5.15. The SMILES string of the molecule is NC(Cc1ccccc1)CN1CCN(C2CC2)CC1. The Morgan fingerprint density at radius 3 is 2.37 bits per heavy atom. The van der Waals surface area contributed by atoms with Gasteiger partial charge < -0.3 is 5.73 Å². The standard InChI is InChI=1S/C16H25N3/c17-15(12-14-4-2-1-3-5-14)13-18-8-10-19(11-9-18)16-6-7-16/h1-5,15-16H,6-13,17H2. The Bertz CT molecular complexity index is 380. The van der Waals surface area contributed by atoms with Gasteiger partial charge in [0, 0.05) is 44.8 Å². The molecule has 1 saturated carbocycles. The molecule has 0 spiro atoms. The molecular formula is C16H25N3. The fraction of sp³-hybridized carbons (Fsp3) is 0.625. The second kappa shape index (κ2) is 6.04.